The maximum absolute atomic E-state index is 6.67. The van der Waals surface area contributed by atoms with Crippen molar-refractivity contribution >= 4 is 8.07 Å². The molecule has 0 N–H and O–H groups in total. The second-order valence-corrected chi connectivity index (χ2v) is 7.12. The van der Waals surface area contributed by atoms with Crippen LogP contribution in [-0.4, -0.2) is 8.07 Å². The molecule has 1 radical (unpaired) electrons. The van der Waals surface area contributed by atoms with Gasteiger partial charge in [-0.15, -0.1) is 5.54 Å². The molecule has 0 bridgehead atoms. The zero-order valence-corrected chi connectivity index (χ0v) is 11.4. The molecule has 0 nitrogen and oxygen atoms in total. The van der Waals surface area contributed by atoms with Gasteiger partial charge in [0.2, 0.25) is 0 Å². The third kappa shape index (κ3) is 26.0. The Morgan fingerprint density at radius 2 is 1.22 bits per heavy atom. The summed E-state index contributed by atoms with van der Waals surface area (Å²) >= 11 is 0. The van der Waals surface area contributed by atoms with Crippen LogP contribution < -0.4 is 24.8 Å². The van der Waals surface area contributed by atoms with E-state index in [1.54, 1.807) is 0 Å². The summed E-state index contributed by atoms with van der Waals surface area (Å²) in [6.07, 6.45) is 6.67. The Morgan fingerprint density at radius 3 is 1.22 bits per heavy atom. The van der Waals surface area contributed by atoms with Gasteiger partial charge in [0.05, 0.1) is 0 Å². The van der Waals surface area contributed by atoms with Crippen LogP contribution in [0.4, 0.5) is 0 Å². The molecule has 0 aliphatic carbocycles. The van der Waals surface area contributed by atoms with Crippen molar-refractivity contribution in [2.75, 3.05) is 0 Å². The van der Waals surface area contributed by atoms with Crippen LogP contribution >= 0.6 is 0 Å². The van der Waals surface area contributed by atoms with Gasteiger partial charge >= 0.3 is 0 Å². The van der Waals surface area contributed by atoms with Gasteiger partial charge in [-0.3, -0.25) is 0 Å². The Hall–Kier alpha value is 1.73. The van der Waals surface area contributed by atoms with Gasteiger partial charge in [0.1, 0.15) is 8.07 Å². The van der Waals surface area contributed by atoms with Gasteiger partial charge in [-0.1, -0.05) is 19.6 Å². The summed E-state index contributed by atoms with van der Waals surface area (Å²) in [6.45, 7) is 6.25. The monoisotopic (exact) mass is 307 g/mol. The molecule has 0 rings (SSSR count). The summed E-state index contributed by atoms with van der Waals surface area (Å²) in [5.74, 6) is 0. The van der Waals surface area contributed by atoms with Crippen molar-refractivity contribution in [2.24, 2.45) is 0 Å². The van der Waals surface area contributed by atoms with E-state index in [9.17, 15) is 0 Å². The summed E-state index contributed by atoms with van der Waals surface area (Å²) in [4.78, 5) is 0. The Morgan fingerprint density at radius 1 is 1.11 bits per heavy atom. The van der Waals surface area contributed by atoms with Gasteiger partial charge < -0.3 is 24.8 Å². The Kier molecular flexibility index (Phi) is 24.3. The fraction of sp³-hybridized carbons (Fsp3) is 0.600. The predicted octanol–water partition coefficient (Wildman–Crippen LogP) is -4.54. The zero-order valence-electron chi connectivity index (χ0n) is 5.76. The van der Waals surface area contributed by atoms with Crippen molar-refractivity contribution in [3.05, 3.63) is 6.42 Å². The zero-order chi connectivity index (χ0) is 5.21. The Labute approximate surface area is 105 Å². The quantitative estimate of drug-likeness (QED) is 0.312. The first-order valence-electron chi connectivity index (χ1n) is 2.00. The summed E-state index contributed by atoms with van der Waals surface area (Å²) in [5, 5.41) is 0. The van der Waals surface area contributed by atoms with E-state index in [0.717, 1.165) is 0 Å². The minimum absolute atomic E-state index is 0. The first-order chi connectivity index (χ1) is 2.56. The fourth-order valence-electron chi connectivity index (χ4n) is 0. The summed E-state index contributed by atoms with van der Waals surface area (Å²) < 4.78 is 0. The van der Waals surface area contributed by atoms with Crippen molar-refractivity contribution in [1.29, 1.82) is 0 Å². The molecule has 0 aliphatic rings. The Balaban J connectivity index is -0.0000000417. The van der Waals surface area contributed by atoms with Crippen LogP contribution in [0.2, 0.25) is 19.6 Å². The van der Waals surface area contributed by atoms with Crippen molar-refractivity contribution < 1.29 is 66.6 Å². The van der Waals surface area contributed by atoms with E-state index < -0.39 is 8.07 Å². The normalized spacial score (nSPS) is 6.89. The van der Waals surface area contributed by atoms with E-state index in [2.05, 4.69) is 25.2 Å². The first-order valence-corrected chi connectivity index (χ1v) is 5.50. The average Bonchev–Trinajstić information content (AvgIpc) is 1.35. The molecule has 9 heavy (non-hydrogen) atoms. The van der Waals surface area contributed by atoms with E-state index in [0.29, 0.717) is 0 Å². The van der Waals surface area contributed by atoms with Gasteiger partial charge in [-0.2, -0.15) is 0 Å². The molecule has 0 saturated carbocycles. The van der Waals surface area contributed by atoms with E-state index in [1.165, 1.54) is 0 Å². The average molecular weight is 308 g/mol. The van der Waals surface area contributed by atoms with E-state index in [-0.39, 0.29) is 66.6 Å². The van der Waals surface area contributed by atoms with Crippen LogP contribution in [0.3, 0.4) is 0 Å². The maximum Gasteiger partial charge on any atom is 0.130 e. The molecule has 4 heteroatoms. The topological polar surface area (TPSA) is 0 Å². The van der Waals surface area contributed by atoms with Crippen LogP contribution in [-0.2, 0) is 0 Å². The van der Waals surface area contributed by atoms with Crippen molar-refractivity contribution in [1.82, 2.24) is 0 Å². The molecule has 0 saturated heterocycles. The summed E-state index contributed by atoms with van der Waals surface area (Å²) in [6, 6.07) is 0. The van der Waals surface area contributed by atoms with Crippen LogP contribution in [0.1, 0.15) is 0 Å². The van der Waals surface area contributed by atoms with Crippen LogP contribution in [0.15, 0.2) is 0 Å². The summed E-state index contributed by atoms with van der Waals surface area (Å²) in [7, 11) is -1.21. The van der Waals surface area contributed by atoms with Gasteiger partial charge in [-0.05, 0) is 6.42 Å². The molecule has 53 valence electrons. The first kappa shape index (κ1) is 22.4. The van der Waals surface area contributed by atoms with Crippen LogP contribution in [0.25, 0.3) is 0 Å². The number of hydrogen-bond donors (Lipinski definition) is 0. The fourth-order valence-corrected chi connectivity index (χ4v) is 0. The van der Waals surface area contributed by atoms with Gasteiger partial charge in [0.25, 0.3) is 0 Å². The number of halogens is 2. The van der Waals surface area contributed by atoms with Crippen LogP contribution in [0, 0.1) is 53.7 Å². The molecule has 0 amide bonds. The molecule has 0 aliphatic heterocycles. The third-order valence-electron chi connectivity index (χ3n) is 0.375. The van der Waals surface area contributed by atoms with E-state index in [1.807, 2.05) is 0 Å². The molecule has 0 aromatic rings. The molecule has 0 aromatic carbocycles. The molecule has 0 spiro atoms. The second-order valence-electron chi connectivity index (χ2n) is 2.38. The molecule has 0 aromatic heterocycles. The predicted molar refractivity (Wildman–Crippen MR) is 30.5 cm³/mol. The standard InChI is InChI=1S/C5H9Si.Ce.2ClH/c1-5-6(2,3)4;;;/h2-4H3;;2*1H/p-2. The molecular formula is C5H9CeCl2Si-2. The molecule has 0 heterocycles. The second kappa shape index (κ2) is 9.73. The SMILES string of the molecule is [C]#C[Si](C)(C)C.[Ce].[Cl-].[Cl-]. The Bertz CT molecular complexity index is 81.9. The van der Waals surface area contributed by atoms with Crippen molar-refractivity contribution in [2.45, 2.75) is 19.6 Å². The maximum atomic E-state index is 6.67. The number of hydrogen-bond acceptors (Lipinski definition) is 0. The molecule has 0 fully saturated rings. The van der Waals surface area contributed by atoms with Gasteiger partial charge in [0, 0.05) is 41.7 Å². The van der Waals surface area contributed by atoms with Crippen molar-refractivity contribution in [3.8, 4) is 5.54 Å². The molecule has 0 unspecified atom stereocenters. The summed E-state index contributed by atoms with van der Waals surface area (Å²) in [5.41, 5.74) is 2.49. The minimum Gasteiger partial charge on any atom is -1.00 e. The smallest absolute Gasteiger partial charge is 0.130 e. The van der Waals surface area contributed by atoms with Gasteiger partial charge in [-0.25, -0.2) is 0 Å². The van der Waals surface area contributed by atoms with E-state index in [4.69, 9.17) is 6.42 Å². The third-order valence-corrected chi connectivity index (χ3v) is 1.12. The van der Waals surface area contributed by atoms with E-state index >= 15 is 0 Å². The molecular weight excluding hydrogens is 299 g/mol. The largest absolute Gasteiger partial charge is 1.00 e. The number of rotatable bonds is 0. The van der Waals surface area contributed by atoms with Crippen LogP contribution in [0.5, 0.6) is 0 Å². The van der Waals surface area contributed by atoms with Gasteiger partial charge in [0.15, 0.2) is 0 Å². The molecule has 0 atom stereocenters. The van der Waals surface area contributed by atoms with Crippen molar-refractivity contribution in [3.63, 3.8) is 0 Å². The minimum atomic E-state index is -1.21.